The molecular weight excluding hydrogens is 134 g/mol. The van der Waals surface area contributed by atoms with Crippen molar-refractivity contribution in [3.05, 3.63) is 6.92 Å². The summed E-state index contributed by atoms with van der Waals surface area (Å²) in [6.45, 7) is 3.28. The SMILES string of the molecule is [CH2]COC(=O)C(C#N)OC. The smallest absolute Gasteiger partial charge is 0.350 e. The fourth-order valence-electron chi connectivity index (χ4n) is 0.378. The molecule has 0 aliphatic carbocycles. The molecule has 0 bridgehead atoms. The van der Waals surface area contributed by atoms with Gasteiger partial charge in [0.05, 0.1) is 6.61 Å². The fraction of sp³-hybridized carbons (Fsp3) is 0.500. The summed E-state index contributed by atoms with van der Waals surface area (Å²) in [4.78, 5) is 10.6. The zero-order valence-corrected chi connectivity index (χ0v) is 5.66. The first-order valence-electron chi connectivity index (χ1n) is 2.64. The van der Waals surface area contributed by atoms with Gasteiger partial charge >= 0.3 is 5.97 Å². The Morgan fingerprint density at radius 2 is 2.50 bits per heavy atom. The third kappa shape index (κ3) is 2.46. The molecule has 1 atom stereocenters. The number of nitriles is 1. The van der Waals surface area contributed by atoms with E-state index < -0.39 is 12.1 Å². The van der Waals surface area contributed by atoms with Gasteiger partial charge in [-0.25, -0.2) is 4.79 Å². The molecule has 0 N–H and O–H groups in total. The summed E-state index contributed by atoms with van der Waals surface area (Å²) in [6, 6.07) is 1.61. The number of hydrogen-bond acceptors (Lipinski definition) is 4. The Balaban J connectivity index is 3.80. The molecule has 0 saturated carbocycles. The molecule has 0 aromatic rings. The van der Waals surface area contributed by atoms with Crippen LogP contribution in [0.3, 0.4) is 0 Å². The first-order chi connectivity index (χ1) is 4.76. The van der Waals surface area contributed by atoms with Crippen LogP contribution >= 0.6 is 0 Å². The third-order valence-corrected chi connectivity index (χ3v) is 0.811. The second-order valence-electron chi connectivity index (χ2n) is 1.41. The Morgan fingerprint density at radius 1 is 1.90 bits per heavy atom. The van der Waals surface area contributed by atoms with E-state index in [1.165, 1.54) is 7.11 Å². The molecule has 4 heteroatoms. The number of ether oxygens (including phenoxy) is 2. The van der Waals surface area contributed by atoms with Crippen LogP contribution in [0.5, 0.6) is 0 Å². The summed E-state index contributed by atoms with van der Waals surface area (Å²) in [5.41, 5.74) is 0. The lowest BCUT2D eigenvalue weighted by Gasteiger charge is -2.04. The highest BCUT2D eigenvalue weighted by molar-refractivity contribution is 5.77. The molecule has 1 radical (unpaired) electrons. The van der Waals surface area contributed by atoms with E-state index in [9.17, 15) is 4.79 Å². The van der Waals surface area contributed by atoms with Crippen molar-refractivity contribution in [1.82, 2.24) is 0 Å². The Kier molecular flexibility index (Phi) is 4.25. The minimum atomic E-state index is -1.12. The summed E-state index contributed by atoms with van der Waals surface area (Å²) >= 11 is 0. The topological polar surface area (TPSA) is 59.3 Å². The largest absolute Gasteiger partial charge is 0.463 e. The number of carbonyl (C=O) groups is 1. The molecule has 0 aliphatic rings. The van der Waals surface area contributed by atoms with Crippen LogP contribution in [0.4, 0.5) is 0 Å². The van der Waals surface area contributed by atoms with Gasteiger partial charge in [0, 0.05) is 7.11 Å². The standard InChI is InChI=1S/C6H8NO3/c1-3-10-6(8)5(4-7)9-2/h5H,1,3H2,2H3. The number of carbonyl (C=O) groups excluding carboxylic acids is 1. The van der Waals surface area contributed by atoms with Crippen molar-refractivity contribution in [3.63, 3.8) is 0 Å². The highest BCUT2D eigenvalue weighted by atomic mass is 16.6. The van der Waals surface area contributed by atoms with Crippen LogP contribution in [-0.4, -0.2) is 25.8 Å². The molecule has 1 unspecified atom stereocenters. The number of rotatable bonds is 3. The van der Waals surface area contributed by atoms with E-state index in [0.717, 1.165) is 0 Å². The average molecular weight is 142 g/mol. The van der Waals surface area contributed by atoms with Gasteiger partial charge in [-0.3, -0.25) is 0 Å². The van der Waals surface area contributed by atoms with Gasteiger partial charge in [-0.15, -0.1) is 0 Å². The summed E-state index contributed by atoms with van der Waals surface area (Å²) in [7, 11) is 1.26. The highest BCUT2D eigenvalue weighted by Gasteiger charge is 2.16. The number of nitrogens with zero attached hydrogens (tertiary/aromatic N) is 1. The maximum Gasteiger partial charge on any atom is 0.350 e. The first kappa shape index (κ1) is 8.92. The summed E-state index contributed by atoms with van der Waals surface area (Å²) in [5.74, 6) is -0.694. The monoisotopic (exact) mass is 142 g/mol. The minimum Gasteiger partial charge on any atom is -0.463 e. The zero-order chi connectivity index (χ0) is 7.98. The van der Waals surface area contributed by atoms with Crippen molar-refractivity contribution in [1.29, 1.82) is 5.26 Å². The number of esters is 1. The molecule has 10 heavy (non-hydrogen) atoms. The molecule has 0 aromatic heterocycles. The lowest BCUT2D eigenvalue weighted by atomic mass is 10.4. The molecule has 0 heterocycles. The zero-order valence-electron chi connectivity index (χ0n) is 5.66. The second kappa shape index (κ2) is 4.77. The predicted octanol–water partition coefficient (Wildman–Crippen LogP) is -0.0977. The van der Waals surface area contributed by atoms with E-state index in [2.05, 4.69) is 16.4 Å². The van der Waals surface area contributed by atoms with E-state index in [1.54, 1.807) is 6.07 Å². The minimum absolute atomic E-state index is 0.0143. The highest BCUT2D eigenvalue weighted by Crippen LogP contribution is 1.90. The van der Waals surface area contributed by atoms with Crippen LogP contribution in [-0.2, 0) is 14.3 Å². The lowest BCUT2D eigenvalue weighted by molar-refractivity contribution is -0.150. The Morgan fingerprint density at radius 3 is 2.80 bits per heavy atom. The molecule has 0 saturated heterocycles. The maximum absolute atomic E-state index is 10.6. The van der Waals surface area contributed by atoms with Gasteiger partial charge in [-0.2, -0.15) is 5.26 Å². The van der Waals surface area contributed by atoms with Crippen LogP contribution in [0, 0.1) is 18.3 Å². The fourth-order valence-corrected chi connectivity index (χ4v) is 0.378. The normalized spacial score (nSPS) is 11.7. The molecule has 0 rings (SSSR count). The second-order valence-corrected chi connectivity index (χ2v) is 1.41. The van der Waals surface area contributed by atoms with Crippen LogP contribution < -0.4 is 0 Å². The summed E-state index contributed by atoms with van der Waals surface area (Å²) in [6.07, 6.45) is -1.12. The average Bonchev–Trinajstić information content (AvgIpc) is 1.91. The van der Waals surface area contributed by atoms with Gasteiger partial charge in [0.25, 0.3) is 0 Å². The molecule has 4 nitrogen and oxygen atoms in total. The summed E-state index contributed by atoms with van der Waals surface area (Å²) in [5, 5.41) is 8.23. The number of hydrogen-bond donors (Lipinski definition) is 0. The van der Waals surface area contributed by atoms with Crippen LogP contribution in [0.2, 0.25) is 0 Å². The van der Waals surface area contributed by atoms with E-state index >= 15 is 0 Å². The maximum atomic E-state index is 10.6. The van der Waals surface area contributed by atoms with Crippen molar-refractivity contribution in [2.24, 2.45) is 0 Å². The number of methoxy groups -OCH3 is 1. The van der Waals surface area contributed by atoms with Crippen LogP contribution in [0.25, 0.3) is 0 Å². The van der Waals surface area contributed by atoms with Gasteiger partial charge in [0.2, 0.25) is 6.10 Å². The molecule has 0 spiro atoms. The predicted molar refractivity (Wildman–Crippen MR) is 32.7 cm³/mol. The van der Waals surface area contributed by atoms with E-state index in [1.807, 2.05) is 0 Å². The molecule has 0 aromatic carbocycles. The van der Waals surface area contributed by atoms with Crippen LogP contribution in [0.15, 0.2) is 0 Å². The van der Waals surface area contributed by atoms with Crippen molar-refractivity contribution in [2.75, 3.05) is 13.7 Å². The van der Waals surface area contributed by atoms with Crippen molar-refractivity contribution < 1.29 is 14.3 Å². The van der Waals surface area contributed by atoms with Gasteiger partial charge in [-0.1, -0.05) is 0 Å². The summed E-state index contributed by atoms with van der Waals surface area (Å²) < 4.78 is 8.84. The van der Waals surface area contributed by atoms with Crippen molar-refractivity contribution in [2.45, 2.75) is 6.10 Å². The quantitative estimate of drug-likeness (QED) is 0.516. The molecule has 55 valence electrons. The molecule has 0 fully saturated rings. The van der Waals surface area contributed by atoms with E-state index in [0.29, 0.717) is 0 Å². The van der Waals surface area contributed by atoms with Gasteiger partial charge in [0.1, 0.15) is 6.07 Å². The lowest BCUT2D eigenvalue weighted by Crippen LogP contribution is -2.23. The Labute approximate surface area is 59.3 Å². The molecule has 0 amide bonds. The van der Waals surface area contributed by atoms with Crippen molar-refractivity contribution >= 4 is 5.97 Å². The van der Waals surface area contributed by atoms with E-state index in [4.69, 9.17) is 5.26 Å². The van der Waals surface area contributed by atoms with Gasteiger partial charge in [0.15, 0.2) is 0 Å². The molecular formula is C6H8NO3. The Hall–Kier alpha value is -1.08. The van der Waals surface area contributed by atoms with E-state index in [-0.39, 0.29) is 6.61 Å². The van der Waals surface area contributed by atoms with Crippen molar-refractivity contribution in [3.8, 4) is 6.07 Å². The van der Waals surface area contributed by atoms with Gasteiger partial charge < -0.3 is 9.47 Å². The van der Waals surface area contributed by atoms with Crippen LogP contribution in [0.1, 0.15) is 0 Å². The Bertz CT molecular complexity index is 150. The van der Waals surface area contributed by atoms with Gasteiger partial charge in [-0.05, 0) is 6.92 Å². The first-order valence-corrected chi connectivity index (χ1v) is 2.64. The molecule has 0 aliphatic heterocycles. The third-order valence-electron chi connectivity index (χ3n) is 0.811.